The Morgan fingerprint density at radius 2 is 2.10 bits per heavy atom. The van der Waals surface area contributed by atoms with Gasteiger partial charge in [0.2, 0.25) is 0 Å². The first-order valence-corrected chi connectivity index (χ1v) is 7.08. The number of methoxy groups -OCH3 is 1. The zero-order valence-corrected chi connectivity index (χ0v) is 12.8. The molecular weight excluding hydrogens is 262 g/mol. The number of hydrogen-bond acceptors (Lipinski definition) is 4. The van der Waals surface area contributed by atoms with Crippen LogP contribution in [0.3, 0.4) is 0 Å². The second-order valence-corrected chi connectivity index (χ2v) is 5.94. The molecule has 4 nitrogen and oxygen atoms in total. The van der Waals surface area contributed by atoms with Crippen molar-refractivity contribution in [3.8, 4) is 6.07 Å². The Balaban J connectivity index is 2.27. The third-order valence-corrected chi connectivity index (χ3v) is 3.62. The Morgan fingerprint density at radius 1 is 1.33 bits per heavy atom. The van der Waals surface area contributed by atoms with Crippen LogP contribution >= 0.6 is 0 Å². The number of ether oxygens (including phenoxy) is 1. The fourth-order valence-corrected chi connectivity index (χ4v) is 2.21. The van der Waals surface area contributed by atoms with E-state index >= 15 is 0 Å². The quantitative estimate of drug-likeness (QED) is 0.880. The molecule has 2 rings (SSSR count). The minimum absolute atomic E-state index is 0.0904. The van der Waals surface area contributed by atoms with Crippen LogP contribution in [0.1, 0.15) is 25.8 Å². The lowest BCUT2D eigenvalue weighted by molar-refractivity contribution is 0.157. The van der Waals surface area contributed by atoms with Crippen LogP contribution < -0.4 is 5.32 Å². The standard InChI is InChI=1S/C17H21N3O/c1-17(2,8-9-21-3)12-20-16-13(10-18)11-19-15-7-5-4-6-14(15)16/h4-7,11H,8-9,12H2,1-3H3,(H,19,20). The molecule has 1 N–H and O–H groups in total. The van der Waals surface area contributed by atoms with Gasteiger partial charge >= 0.3 is 0 Å². The Bertz CT molecular complexity index is 659. The van der Waals surface area contributed by atoms with E-state index in [9.17, 15) is 5.26 Å². The van der Waals surface area contributed by atoms with Crippen molar-refractivity contribution >= 4 is 16.6 Å². The summed E-state index contributed by atoms with van der Waals surface area (Å²) in [6, 6.07) is 10.1. The van der Waals surface area contributed by atoms with Crippen molar-refractivity contribution in [2.24, 2.45) is 5.41 Å². The maximum Gasteiger partial charge on any atom is 0.103 e. The maximum absolute atomic E-state index is 9.30. The minimum atomic E-state index is 0.0904. The Morgan fingerprint density at radius 3 is 2.81 bits per heavy atom. The largest absolute Gasteiger partial charge is 0.385 e. The predicted molar refractivity (Wildman–Crippen MR) is 85.2 cm³/mol. The van der Waals surface area contributed by atoms with Crippen LogP contribution in [0, 0.1) is 16.7 Å². The zero-order valence-electron chi connectivity index (χ0n) is 12.8. The van der Waals surface area contributed by atoms with Crippen molar-refractivity contribution in [1.82, 2.24) is 4.98 Å². The highest BCUT2D eigenvalue weighted by Gasteiger charge is 2.18. The number of anilines is 1. The van der Waals surface area contributed by atoms with E-state index in [0.29, 0.717) is 5.56 Å². The molecule has 0 atom stereocenters. The van der Waals surface area contributed by atoms with E-state index in [2.05, 4.69) is 30.2 Å². The fraction of sp³-hybridized carbons (Fsp3) is 0.412. The maximum atomic E-state index is 9.30. The summed E-state index contributed by atoms with van der Waals surface area (Å²) >= 11 is 0. The molecule has 0 radical (unpaired) electrons. The van der Waals surface area contributed by atoms with Gasteiger partial charge < -0.3 is 10.1 Å². The van der Waals surface area contributed by atoms with E-state index in [1.807, 2.05) is 24.3 Å². The Kier molecular flexibility index (Phi) is 4.77. The molecule has 1 aromatic carbocycles. The first-order chi connectivity index (χ1) is 10.1. The van der Waals surface area contributed by atoms with E-state index in [1.165, 1.54) is 0 Å². The van der Waals surface area contributed by atoms with Crippen LogP contribution in [0.15, 0.2) is 30.5 Å². The smallest absolute Gasteiger partial charge is 0.103 e. The summed E-state index contributed by atoms with van der Waals surface area (Å²) in [4.78, 5) is 4.32. The molecule has 0 aliphatic rings. The highest BCUT2D eigenvalue weighted by atomic mass is 16.5. The first kappa shape index (κ1) is 15.3. The molecule has 21 heavy (non-hydrogen) atoms. The molecule has 0 aliphatic carbocycles. The van der Waals surface area contributed by atoms with E-state index in [4.69, 9.17) is 4.74 Å². The molecule has 0 saturated heterocycles. The summed E-state index contributed by atoms with van der Waals surface area (Å²) in [5, 5.41) is 13.7. The number of hydrogen-bond donors (Lipinski definition) is 1. The van der Waals surface area contributed by atoms with E-state index in [1.54, 1.807) is 13.3 Å². The normalized spacial score (nSPS) is 11.3. The zero-order chi connectivity index (χ0) is 15.3. The summed E-state index contributed by atoms with van der Waals surface area (Å²) in [6.45, 7) is 5.89. The van der Waals surface area contributed by atoms with Gasteiger partial charge in [-0.3, -0.25) is 4.98 Å². The van der Waals surface area contributed by atoms with Gasteiger partial charge in [0.15, 0.2) is 0 Å². The molecule has 110 valence electrons. The molecule has 0 saturated carbocycles. The summed E-state index contributed by atoms with van der Waals surface area (Å²) in [7, 11) is 1.72. The summed E-state index contributed by atoms with van der Waals surface area (Å²) in [5.41, 5.74) is 2.44. The Labute approximate surface area is 125 Å². The first-order valence-electron chi connectivity index (χ1n) is 7.08. The summed E-state index contributed by atoms with van der Waals surface area (Å²) in [5.74, 6) is 0. The van der Waals surface area contributed by atoms with Gasteiger partial charge in [-0.25, -0.2) is 0 Å². The molecule has 0 fully saturated rings. The number of para-hydroxylation sites is 1. The molecule has 4 heteroatoms. The third-order valence-electron chi connectivity index (χ3n) is 3.62. The van der Waals surface area contributed by atoms with Gasteiger partial charge in [-0.2, -0.15) is 5.26 Å². The predicted octanol–water partition coefficient (Wildman–Crippen LogP) is 3.58. The van der Waals surface area contributed by atoms with Crippen molar-refractivity contribution in [1.29, 1.82) is 5.26 Å². The van der Waals surface area contributed by atoms with Gasteiger partial charge in [0, 0.05) is 31.8 Å². The van der Waals surface area contributed by atoms with Gasteiger partial charge in [0.25, 0.3) is 0 Å². The second kappa shape index (κ2) is 6.55. The lowest BCUT2D eigenvalue weighted by Crippen LogP contribution is -2.25. The number of nitrogens with zero attached hydrogens (tertiary/aromatic N) is 2. The van der Waals surface area contributed by atoms with Crippen molar-refractivity contribution in [3.63, 3.8) is 0 Å². The van der Waals surface area contributed by atoms with E-state index in [0.717, 1.165) is 36.2 Å². The second-order valence-electron chi connectivity index (χ2n) is 5.94. The number of nitrogens with one attached hydrogen (secondary N) is 1. The van der Waals surface area contributed by atoms with Crippen LogP contribution in [-0.2, 0) is 4.74 Å². The SMILES string of the molecule is COCCC(C)(C)CNc1c(C#N)cnc2ccccc12. The van der Waals surface area contributed by atoms with Crippen molar-refractivity contribution in [2.45, 2.75) is 20.3 Å². The van der Waals surface area contributed by atoms with Gasteiger partial charge in [-0.1, -0.05) is 32.0 Å². The van der Waals surface area contributed by atoms with Gasteiger partial charge in [-0.15, -0.1) is 0 Å². The molecule has 1 heterocycles. The number of nitriles is 1. The summed E-state index contributed by atoms with van der Waals surface area (Å²) in [6.07, 6.45) is 2.59. The molecule has 1 aromatic heterocycles. The number of aromatic nitrogens is 1. The van der Waals surface area contributed by atoms with Crippen LogP contribution in [0.5, 0.6) is 0 Å². The lowest BCUT2D eigenvalue weighted by Gasteiger charge is -2.25. The van der Waals surface area contributed by atoms with Crippen LogP contribution in [0.25, 0.3) is 10.9 Å². The minimum Gasteiger partial charge on any atom is -0.385 e. The third kappa shape index (κ3) is 3.71. The van der Waals surface area contributed by atoms with Crippen molar-refractivity contribution < 1.29 is 4.74 Å². The van der Waals surface area contributed by atoms with Gasteiger partial charge in [0.1, 0.15) is 6.07 Å². The van der Waals surface area contributed by atoms with E-state index < -0.39 is 0 Å². The van der Waals surface area contributed by atoms with Crippen LogP contribution in [-0.4, -0.2) is 25.2 Å². The highest BCUT2D eigenvalue weighted by Crippen LogP contribution is 2.28. The highest BCUT2D eigenvalue weighted by molar-refractivity contribution is 5.93. The van der Waals surface area contributed by atoms with E-state index in [-0.39, 0.29) is 5.41 Å². The number of pyridine rings is 1. The van der Waals surface area contributed by atoms with Crippen molar-refractivity contribution in [3.05, 3.63) is 36.0 Å². The molecule has 0 unspecified atom stereocenters. The molecule has 0 amide bonds. The number of rotatable bonds is 6. The lowest BCUT2D eigenvalue weighted by atomic mass is 9.89. The monoisotopic (exact) mass is 283 g/mol. The molecular formula is C17H21N3O. The van der Waals surface area contributed by atoms with Gasteiger partial charge in [-0.05, 0) is 17.9 Å². The Hall–Kier alpha value is -2.12. The average Bonchev–Trinajstić information content (AvgIpc) is 2.50. The topological polar surface area (TPSA) is 57.9 Å². The average molecular weight is 283 g/mol. The summed E-state index contributed by atoms with van der Waals surface area (Å²) < 4.78 is 5.15. The van der Waals surface area contributed by atoms with Crippen molar-refractivity contribution in [2.75, 3.05) is 25.6 Å². The van der Waals surface area contributed by atoms with Crippen LogP contribution in [0.2, 0.25) is 0 Å². The van der Waals surface area contributed by atoms with Gasteiger partial charge in [0.05, 0.1) is 16.8 Å². The molecule has 0 spiro atoms. The molecule has 0 aliphatic heterocycles. The number of benzene rings is 1. The molecule has 2 aromatic rings. The number of fused-ring (bicyclic) bond motifs is 1. The fourth-order valence-electron chi connectivity index (χ4n) is 2.21. The van der Waals surface area contributed by atoms with Crippen LogP contribution in [0.4, 0.5) is 5.69 Å². The molecule has 0 bridgehead atoms.